The second kappa shape index (κ2) is 9.71. The maximum Gasteiger partial charge on any atom is 0.337 e. The van der Waals surface area contributed by atoms with Crippen LogP contribution in [0.1, 0.15) is 20.7 Å². The highest BCUT2D eigenvalue weighted by molar-refractivity contribution is 9.10. The zero-order valence-electron chi connectivity index (χ0n) is 15.6. The van der Waals surface area contributed by atoms with Crippen molar-refractivity contribution in [3.63, 3.8) is 0 Å². The standard InChI is InChI=1S/C22H17BrN2O5/c23-15-8-10-17(11-9-15)30-13-20(26)24-16-5-3-4-14(12-16)21(27)25-19-7-2-1-6-18(19)22(28)29/h1-12H,13H2,(H,24,26)(H,25,27)(H,28,29). The van der Waals surface area contributed by atoms with Crippen molar-refractivity contribution in [1.82, 2.24) is 0 Å². The summed E-state index contributed by atoms with van der Waals surface area (Å²) < 4.78 is 6.32. The Hall–Kier alpha value is -3.65. The molecule has 0 saturated heterocycles. The van der Waals surface area contributed by atoms with Crippen molar-refractivity contribution < 1.29 is 24.2 Å². The minimum Gasteiger partial charge on any atom is -0.484 e. The maximum absolute atomic E-state index is 12.5. The number of hydrogen-bond acceptors (Lipinski definition) is 4. The van der Waals surface area contributed by atoms with Gasteiger partial charge in [-0.1, -0.05) is 34.1 Å². The van der Waals surface area contributed by atoms with Gasteiger partial charge >= 0.3 is 5.97 Å². The second-order valence-electron chi connectivity index (χ2n) is 6.18. The summed E-state index contributed by atoms with van der Waals surface area (Å²) in [6.07, 6.45) is 0. The average molecular weight is 469 g/mol. The number of aromatic carboxylic acids is 1. The zero-order valence-corrected chi connectivity index (χ0v) is 17.2. The van der Waals surface area contributed by atoms with E-state index in [9.17, 15) is 19.5 Å². The first-order valence-electron chi connectivity index (χ1n) is 8.84. The molecule has 0 unspecified atom stereocenters. The van der Waals surface area contributed by atoms with Crippen LogP contribution in [0, 0.1) is 0 Å². The normalized spacial score (nSPS) is 10.2. The van der Waals surface area contributed by atoms with Crippen LogP contribution in [0.5, 0.6) is 5.75 Å². The number of carbonyl (C=O) groups excluding carboxylic acids is 2. The number of hydrogen-bond donors (Lipinski definition) is 3. The second-order valence-corrected chi connectivity index (χ2v) is 7.09. The van der Waals surface area contributed by atoms with E-state index in [4.69, 9.17) is 4.74 Å². The molecule has 0 atom stereocenters. The van der Waals surface area contributed by atoms with Crippen molar-refractivity contribution in [1.29, 1.82) is 0 Å². The molecule has 2 amide bonds. The lowest BCUT2D eigenvalue weighted by Crippen LogP contribution is -2.20. The van der Waals surface area contributed by atoms with Crippen molar-refractivity contribution in [2.45, 2.75) is 0 Å². The van der Waals surface area contributed by atoms with E-state index in [1.807, 2.05) is 0 Å². The molecular formula is C22H17BrN2O5. The number of carboxylic acids is 1. The molecule has 0 spiro atoms. The molecule has 3 aromatic rings. The lowest BCUT2D eigenvalue weighted by atomic mass is 10.1. The highest BCUT2D eigenvalue weighted by atomic mass is 79.9. The predicted octanol–water partition coefficient (Wildman–Crippen LogP) is 4.42. The van der Waals surface area contributed by atoms with Crippen molar-refractivity contribution in [3.8, 4) is 5.75 Å². The highest BCUT2D eigenvalue weighted by Crippen LogP contribution is 2.18. The molecule has 0 heterocycles. The van der Waals surface area contributed by atoms with Crippen molar-refractivity contribution in [2.75, 3.05) is 17.2 Å². The molecule has 3 rings (SSSR count). The van der Waals surface area contributed by atoms with Gasteiger partial charge in [-0.05, 0) is 54.6 Å². The summed E-state index contributed by atoms with van der Waals surface area (Å²) in [5.74, 6) is -1.46. The van der Waals surface area contributed by atoms with Gasteiger partial charge in [0.05, 0.1) is 11.3 Å². The van der Waals surface area contributed by atoms with Gasteiger partial charge in [0, 0.05) is 15.7 Å². The quantitative estimate of drug-likeness (QED) is 0.476. The fourth-order valence-corrected chi connectivity index (χ4v) is 2.85. The molecule has 7 nitrogen and oxygen atoms in total. The van der Waals surface area contributed by atoms with Crippen LogP contribution in [0.4, 0.5) is 11.4 Å². The van der Waals surface area contributed by atoms with Crippen LogP contribution in [-0.2, 0) is 4.79 Å². The molecule has 0 fully saturated rings. The Bertz CT molecular complexity index is 1080. The van der Waals surface area contributed by atoms with Crippen molar-refractivity contribution >= 4 is 45.1 Å². The summed E-state index contributed by atoms with van der Waals surface area (Å²) in [5, 5.41) is 14.5. The smallest absolute Gasteiger partial charge is 0.337 e. The van der Waals surface area contributed by atoms with Crippen molar-refractivity contribution in [3.05, 3.63) is 88.4 Å². The predicted molar refractivity (Wildman–Crippen MR) is 116 cm³/mol. The van der Waals surface area contributed by atoms with Crippen molar-refractivity contribution in [2.24, 2.45) is 0 Å². The first-order valence-corrected chi connectivity index (χ1v) is 9.63. The number of carbonyl (C=O) groups is 3. The fraction of sp³-hybridized carbons (Fsp3) is 0.0455. The molecule has 152 valence electrons. The van der Waals surface area contributed by atoms with Gasteiger partial charge in [-0.15, -0.1) is 0 Å². The van der Waals surface area contributed by atoms with Gasteiger partial charge in [-0.3, -0.25) is 9.59 Å². The van der Waals surface area contributed by atoms with E-state index in [1.165, 1.54) is 18.2 Å². The Kier molecular flexibility index (Phi) is 6.82. The third-order valence-corrected chi connectivity index (χ3v) is 4.53. The number of benzene rings is 3. The molecular weight excluding hydrogens is 452 g/mol. The number of carboxylic acid groups (broad SMARTS) is 1. The number of halogens is 1. The minimum atomic E-state index is -1.14. The Balaban J connectivity index is 1.62. The molecule has 0 aliphatic heterocycles. The maximum atomic E-state index is 12.5. The molecule has 3 aromatic carbocycles. The summed E-state index contributed by atoms with van der Waals surface area (Å²) in [5.41, 5.74) is 0.855. The van der Waals surface area contributed by atoms with Crippen LogP contribution in [-0.4, -0.2) is 29.5 Å². The van der Waals surface area contributed by atoms with Crippen LogP contribution in [0.25, 0.3) is 0 Å². The van der Waals surface area contributed by atoms with Gasteiger partial charge in [0.25, 0.3) is 11.8 Å². The molecule has 0 aliphatic carbocycles. The lowest BCUT2D eigenvalue weighted by Gasteiger charge is -2.10. The third kappa shape index (κ3) is 5.68. The van der Waals surface area contributed by atoms with Gasteiger partial charge in [-0.25, -0.2) is 4.79 Å². The number of rotatable bonds is 7. The highest BCUT2D eigenvalue weighted by Gasteiger charge is 2.14. The molecule has 3 N–H and O–H groups in total. The SMILES string of the molecule is O=C(COc1ccc(Br)cc1)Nc1cccc(C(=O)Nc2ccccc2C(=O)O)c1. The Labute approximate surface area is 180 Å². The number of ether oxygens (including phenoxy) is 1. The van der Waals surface area contributed by atoms with E-state index >= 15 is 0 Å². The molecule has 30 heavy (non-hydrogen) atoms. The zero-order chi connectivity index (χ0) is 21.5. The molecule has 0 bridgehead atoms. The van der Waals surface area contributed by atoms with Crippen LogP contribution in [0.2, 0.25) is 0 Å². The van der Waals surface area contributed by atoms with E-state index in [1.54, 1.807) is 54.6 Å². The summed E-state index contributed by atoms with van der Waals surface area (Å²) in [4.78, 5) is 35.9. The van der Waals surface area contributed by atoms with Gasteiger partial charge in [0.1, 0.15) is 5.75 Å². The fourth-order valence-electron chi connectivity index (χ4n) is 2.59. The van der Waals surface area contributed by atoms with E-state index in [0.717, 1.165) is 4.47 Å². The van der Waals surface area contributed by atoms with E-state index < -0.39 is 11.9 Å². The van der Waals surface area contributed by atoms with E-state index in [0.29, 0.717) is 11.4 Å². The third-order valence-electron chi connectivity index (χ3n) is 4.00. The number of nitrogens with one attached hydrogen (secondary N) is 2. The van der Waals surface area contributed by atoms with Gasteiger partial charge in [0.15, 0.2) is 6.61 Å². The van der Waals surface area contributed by atoms with Crippen LogP contribution in [0.15, 0.2) is 77.3 Å². The average Bonchev–Trinajstić information content (AvgIpc) is 2.74. The molecule has 0 aromatic heterocycles. The summed E-state index contributed by atoms with van der Waals surface area (Å²) in [7, 11) is 0. The Morgan fingerprint density at radius 1 is 0.900 bits per heavy atom. The minimum absolute atomic E-state index is 0.0135. The van der Waals surface area contributed by atoms with Gasteiger partial charge in [-0.2, -0.15) is 0 Å². The van der Waals surface area contributed by atoms with Crippen LogP contribution >= 0.6 is 15.9 Å². The lowest BCUT2D eigenvalue weighted by molar-refractivity contribution is -0.118. The Morgan fingerprint density at radius 2 is 1.63 bits per heavy atom. The number of anilines is 2. The van der Waals surface area contributed by atoms with Crippen LogP contribution < -0.4 is 15.4 Å². The molecule has 0 radical (unpaired) electrons. The van der Waals surface area contributed by atoms with Gasteiger partial charge < -0.3 is 20.5 Å². The van der Waals surface area contributed by atoms with E-state index in [-0.39, 0.29) is 29.3 Å². The van der Waals surface area contributed by atoms with E-state index in [2.05, 4.69) is 26.6 Å². The largest absolute Gasteiger partial charge is 0.484 e. The summed E-state index contributed by atoms with van der Waals surface area (Å²) >= 11 is 3.32. The summed E-state index contributed by atoms with van der Waals surface area (Å²) in [6.45, 7) is -0.190. The van der Waals surface area contributed by atoms with Crippen LogP contribution in [0.3, 0.4) is 0 Å². The monoisotopic (exact) mass is 468 g/mol. The molecule has 0 saturated carbocycles. The topological polar surface area (TPSA) is 105 Å². The number of para-hydroxylation sites is 1. The van der Waals surface area contributed by atoms with Gasteiger partial charge in [0.2, 0.25) is 0 Å². The Morgan fingerprint density at radius 3 is 2.37 bits per heavy atom. The molecule has 8 heteroatoms. The first-order chi connectivity index (χ1) is 14.4. The first kappa shape index (κ1) is 21.1. The summed E-state index contributed by atoms with van der Waals surface area (Å²) in [6, 6.07) is 19.5. The number of amides is 2. The molecule has 0 aliphatic rings.